The van der Waals surface area contributed by atoms with E-state index in [1.807, 2.05) is 121 Å². The molecule has 2 unspecified atom stereocenters. The molecule has 2 aliphatic heterocycles. The summed E-state index contributed by atoms with van der Waals surface area (Å²) in [6, 6.07) is 44.1. The van der Waals surface area contributed by atoms with Gasteiger partial charge in [0, 0.05) is 36.3 Å². The zero-order valence-electron chi connectivity index (χ0n) is 30.2. The average Bonchev–Trinajstić information content (AvgIpc) is 3.84. The van der Waals surface area contributed by atoms with E-state index < -0.39 is 11.2 Å². The normalized spacial score (nSPS) is 19.1. The Hall–Kier alpha value is -4.26. The van der Waals surface area contributed by atoms with Crippen molar-refractivity contribution in [1.82, 2.24) is 9.80 Å². The predicted octanol–water partition coefficient (Wildman–Crippen LogP) is 8.49. The smallest absolute Gasteiger partial charge is 0.130 e. The molecule has 2 heterocycles. The first kappa shape index (κ1) is 35.2. The largest absolute Gasteiger partial charge is 0.507 e. The van der Waals surface area contributed by atoms with Crippen molar-refractivity contribution in [1.29, 1.82) is 0 Å². The van der Waals surface area contributed by atoms with Crippen molar-refractivity contribution in [2.45, 2.75) is 88.2 Å². The van der Waals surface area contributed by atoms with Crippen LogP contribution in [0.15, 0.2) is 133 Å². The molecule has 2 fully saturated rings. The van der Waals surface area contributed by atoms with Crippen molar-refractivity contribution >= 4 is 0 Å². The number of hydrogen-bond acceptors (Lipinski definition) is 5. The maximum Gasteiger partial charge on any atom is 0.130 e. The molecule has 264 valence electrons. The minimum Gasteiger partial charge on any atom is -0.507 e. The third kappa shape index (κ3) is 6.76. The minimum atomic E-state index is -1.21. The van der Waals surface area contributed by atoms with Crippen LogP contribution in [0.3, 0.4) is 0 Å². The molecule has 7 rings (SSSR count). The van der Waals surface area contributed by atoms with Gasteiger partial charge in [0.2, 0.25) is 0 Å². The highest BCUT2D eigenvalue weighted by molar-refractivity contribution is 5.47. The molecule has 2 aliphatic rings. The number of nitrogens with zero attached hydrogens (tertiary/aromatic N) is 2. The summed E-state index contributed by atoms with van der Waals surface area (Å²) in [7, 11) is 0. The summed E-state index contributed by atoms with van der Waals surface area (Å²) in [6.07, 6.45) is 3.62. The van der Waals surface area contributed by atoms with Gasteiger partial charge in [0.25, 0.3) is 0 Å². The highest BCUT2D eigenvalue weighted by Crippen LogP contribution is 2.44. The topological polar surface area (TPSA) is 67.2 Å². The van der Waals surface area contributed by atoms with Crippen LogP contribution in [-0.4, -0.2) is 50.3 Å². The molecule has 2 atom stereocenters. The summed E-state index contributed by atoms with van der Waals surface area (Å²) in [6.45, 7) is 9.37. The molecule has 0 radical (unpaired) electrons. The van der Waals surface area contributed by atoms with E-state index in [9.17, 15) is 15.3 Å². The quantitative estimate of drug-likeness (QED) is 0.138. The summed E-state index contributed by atoms with van der Waals surface area (Å²) in [5.74, 6) is 0.310. The van der Waals surface area contributed by atoms with E-state index in [1.165, 1.54) is 5.56 Å². The minimum absolute atomic E-state index is 0.143. The van der Waals surface area contributed by atoms with Crippen LogP contribution in [0.4, 0.5) is 0 Å². The third-order valence-electron chi connectivity index (χ3n) is 11.4. The fourth-order valence-corrected chi connectivity index (χ4v) is 8.72. The predicted molar refractivity (Wildman–Crippen MR) is 205 cm³/mol. The lowest BCUT2D eigenvalue weighted by Crippen LogP contribution is -2.48. The number of phenolic OH excluding ortho intramolecular Hbond substituents is 1. The van der Waals surface area contributed by atoms with Crippen molar-refractivity contribution in [3.05, 3.63) is 172 Å². The Balaban J connectivity index is 1.25. The Bertz CT molecular complexity index is 1680. The van der Waals surface area contributed by atoms with Crippen molar-refractivity contribution in [3.8, 4) is 5.75 Å². The van der Waals surface area contributed by atoms with E-state index in [2.05, 4.69) is 42.7 Å². The number of aromatic hydroxyl groups is 1. The van der Waals surface area contributed by atoms with Gasteiger partial charge in [-0.15, -0.1) is 0 Å². The van der Waals surface area contributed by atoms with Crippen LogP contribution in [-0.2, 0) is 29.7 Å². The van der Waals surface area contributed by atoms with Gasteiger partial charge in [-0.25, -0.2) is 0 Å². The number of aliphatic hydroxyl groups is 2. The number of rotatable bonds is 10. The Morgan fingerprint density at radius 2 is 0.824 bits per heavy atom. The van der Waals surface area contributed by atoms with Gasteiger partial charge in [0.15, 0.2) is 0 Å². The van der Waals surface area contributed by atoms with Crippen LogP contribution in [0.1, 0.15) is 85.4 Å². The van der Waals surface area contributed by atoms with Gasteiger partial charge in [0.05, 0.1) is 0 Å². The Kier molecular flexibility index (Phi) is 9.93. The first-order valence-corrected chi connectivity index (χ1v) is 18.6. The van der Waals surface area contributed by atoms with E-state index in [4.69, 9.17) is 0 Å². The third-order valence-corrected chi connectivity index (χ3v) is 11.4. The van der Waals surface area contributed by atoms with Crippen LogP contribution in [0.2, 0.25) is 0 Å². The van der Waals surface area contributed by atoms with Gasteiger partial charge >= 0.3 is 0 Å². The van der Waals surface area contributed by atoms with Crippen molar-refractivity contribution in [2.75, 3.05) is 13.1 Å². The van der Waals surface area contributed by atoms with Crippen molar-refractivity contribution in [3.63, 3.8) is 0 Å². The Labute approximate surface area is 303 Å². The van der Waals surface area contributed by atoms with E-state index in [0.717, 1.165) is 72.2 Å². The maximum absolute atomic E-state index is 12.8. The summed E-state index contributed by atoms with van der Waals surface area (Å²) < 4.78 is 0. The fraction of sp³-hybridized carbons (Fsp3) is 0.348. The van der Waals surface area contributed by atoms with Gasteiger partial charge < -0.3 is 15.3 Å². The molecule has 0 aromatic heterocycles. The first-order valence-electron chi connectivity index (χ1n) is 18.6. The van der Waals surface area contributed by atoms with E-state index in [-0.39, 0.29) is 17.5 Å². The molecule has 5 nitrogen and oxygen atoms in total. The van der Waals surface area contributed by atoms with Crippen molar-refractivity contribution in [2.24, 2.45) is 0 Å². The first-order chi connectivity index (χ1) is 24.6. The molecule has 0 saturated carbocycles. The highest BCUT2D eigenvalue weighted by Gasteiger charge is 2.47. The van der Waals surface area contributed by atoms with Gasteiger partial charge in [-0.1, -0.05) is 154 Å². The number of likely N-dealkylation sites (tertiary alicyclic amines) is 2. The lowest BCUT2D eigenvalue weighted by atomic mass is 9.78. The molecule has 5 aromatic carbocycles. The Morgan fingerprint density at radius 3 is 1.12 bits per heavy atom. The lowest BCUT2D eigenvalue weighted by molar-refractivity contribution is -0.00736. The second kappa shape index (κ2) is 14.4. The number of phenols is 1. The fourth-order valence-electron chi connectivity index (χ4n) is 8.72. The second-order valence-electron chi connectivity index (χ2n) is 15.6. The van der Waals surface area contributed by atoms with Crippen molar-refractivity contribution < 1.29 is 15.3 Å². The van der Waals surface area contributed by atoms with E-state index in [1.54, 1.807) is 0 Å². The molecule has 0 amide bonds. The molecule has 0 aliphatic carbocycles. The lowest BCUT2D eigenvalue weighted by Gasteiger charge is -2.41. The second-order valence-corrected chi connectivity index (χ2v) is 15.6. The molecule has 2 saturated heterocycles. The molecule has 0 spiro atoms. The summed E-state index contributed by atoms with van der Waals surface area (Å²) >= 11 is 0. The standard InChI is InChI=1S/C46H52N2O3/c1-44(2,3)40-30-34(32-47-28-16-26-41(47)45(50,36-18-8-4-9-19-36)37-20-10-5-11-21-37)43(49)35(31-40)33-48-29-17-27-42(48)46(51,38-22-12-6-13-23-38)39-24-14-7-15-25-39/h4-15,18-25,30-31,41-42,49-51H,16-17,26-29,32-33H2,1-3H3. The molecule has 3 N–H and O–H groups in total. The van der Waals surface area contributed by atoms with Crippen LogP contribution in [0, 0.1) is 0 Å². The molecule has 0 bridgehead atoms. The zero-order valence-corrected chi connectivity index (χ0v) is 30.2. The number of benzene rings is 5. The van der Waals surface area contributed by atoms with Gasteiger partial charge in [0.1, 0.15) is 17.0 Å². The maximum atomic E-state index is 12.8. The van der Waals surface area contributed by atoms with Gasteiger partial charge in [-0.05, 0) is 72.0 Å². The molecule has 5 aromatic rings. The molecular weight excluding hydrogens is 629 g/mol. The van der Waals surface area contributed by atoms with Crippen LogP contribution in [0.25, 0.3) is 0 Å². The zero-order chi connectivity index (χ0) is 35.6. The summed E-state index contributed by atoms with van der Waals surface area (Å²) in [4.78, 5) is 4.74. The van der Waals surface area contributed by atoms with Gasteiger partial charge in [-0.2, -0.15) is 0 Å². The van der Waals surface area contributed by atoms with Crippen LogP contribution < -0.4 is 0 Å². The summed E-state index contributed by atoms with van der Waals surface area (Å²) in [5.41, 5.74) is 3.89. The average molecular weight is 681 g/mol. The van der Waals surface area contributed by atoms with Gasteiger partial charge in [-0.3, -0.25) is 9.80 Å². The monoisotopic (exact) mass is 680 g/mol. The molecule has 5 heteroatoms. The van der Waals surface area contributed by atoms with Crippen LogP contribution in [0.5, 0.6) is 5.75 Å². The van der Waals surface area contributed by atoms with E-state index >= 15 is 0 Å². The SMILES string of the molecule is CC(C)(C)c1cc(CN2CCCC2C(O)(c2ccccc2)c2ccccc2)c(O)c(CN2CCCC2C(O)(c2ccccc2)c2ccccc2)c1. The van der Waals surface area contributed by atoms with E-state index in [0.29, 0.717) is 18.8 Å². The summed E-state index contributed by atoms with van der Waals surface area (Å²) in [5, 5.41) is 37.7. The molecular formula is C46H52N2O3. The highest BCUT2D eigenvalue weighted by atomic mass is 16.3. The van der Waals surface area contributed by atoms with Crippen LogP contribution >= 0.6 is 0 Å². The number of hydrogen-bond donors (Lipinski definition) is 3. The molecule has 51 heavy (non-hydrogen) atoms. The Morgan fingerprint density at radius 1 is 0.510 bits per heavy atom.